The summed E-state index contributed by atoms with van der Waals surface area (Å²) in [4.78, 5) is 9.72. The normalized spacial score (nSPS) is 15.7. The predicted octanol–water partition coefficient (Wildman–Crippen LogP) is 4.16. The topological polar surface area (TPSA) is 41.1 Å². The first kappa shape index (κ1) is 16.0. The van der Waals surface area contributed by atoms with Crippen molar-refractivity contribution in [3.63, 3.8) is 0 Å². The first-order chi connectivity index (χ1) is 11.0. The molecule has 0 spiro atoms. The van der Waals surface area contributed by atoms with E-state index in [1.165, 1.54) is 19.3 Å². The highest BCUT2D eigenvalue weighted by molar-refractivity contribution is 7.15. The van der Waals surface area contributed by atoms with Crippen molar-refractivity contribution in [2.75, 3.05) is 23.3 Å². The first-order valence-electron chi connectivity index (χ1n) is 7.49. The molecular formula is C15H17F3N4S. The van der Waals surface area contributed by atoms with Gasteiger partial charge >= 0.3 is 6.18 Å². The summed E-state index contributed by atoms with van der Waals surface area (Å²) in [6.45, 7) is 2.44. The van der Waals surface area contributed by atoms with Gasteiger partial charge in [-0.25, -0.2) is 9.97 Å². The van der Waals surface area contributed by atoms with Gasteiger partial charge in [0, 0.05) is 25.8 Å². The van der Waals surface area contributed by atoms with Crippen LogP contribution in [-0.4, -0.2) is 23.1 Å². The first-order valence-corrected chi connectivity index (χ1v) is 8.31. The summed E-state index contributed by atoms with van der Waals surface area (Å²) in [5, 5.41) is 3.22. The standard InChI is InChI=1S/C15H17F3N4S/c16-15(17,18)12-10-21-14(23-12)20-9-11-4-5-19-13(8-11)22-6-2-1-3-7-22/h4-5,8,10H,1-3,6-7,9H2,(H,20,21). The molecule has 8 heteroatoms. The lowest BCUT2D eigenvalue weighted by Crippen LogP contribution is -2.30. The van der Waals surface area contributed by atoms with E-state index in [0.29, 0.717) is 17.9 Å². The average Bonchev–Trinajstić information content (AvgIpc) is 3.03. The summed E-state index contributed by atoms with van der Waals surface area (Å²) >= 11 is 0.618. The molecule has 23 heavy (non-hydrogen) atoms. The van der Waals surface area contributed by atoms with E-state index in [4.69, 9.17) is 0 Å². The van der Waals surface area contributed by atoms with Gasteiger partial charge in [-0.2, -0.15) is 13.2 Å². The van der Waals surface area contributed by atoms with Gasteiger partial charge < -0.3 is 10.2 Å². The average molecular weight is 342 g/mol. The Labute approximate surface area is 136 Å². The van der Waals surface area contributed by atoms with Gasteiger partial charge in [-0.3, -0.25) is 0 Å². The van der Waals surface area contributed by atoms with E-state index in [1.54, 1.807) is 6.20 Å². The molecule has 4 nitrogen and oxygen atoms in total. The molecule has 0 aromatic carbocycles. The van der Waals surface area contributed by atoms with Crippen molar-refractivity contribution >= 4 is 22.3 Å². The lowest BCUT2D eigenvalue weighted by molar-refractivity contribution is -0.134. The molecule has 0 unspecified atom stereocenters. The monoisotopic (exact) mass is 342 g/mol. The minimum absolute atomic E-state index is 0.272. The van der Waals surface area contributed by atoms with Gasteiger partial charge in [-0.1, -0.05) is 11.3 Å². The maximum absolute atomic E-state index is 12.6. The molecule has 0 aliphatic carbocycles. The van der Waals surface area contributed by atoms with Crippen LogP contribution in [-0.2, 0) is 12.7 Å². The quantitative estimate of drug-likeness (QED) is 0.906. The number of rotatable bonds is 4. The van der Waals surface area contributed by atoms with Gasteiger partial charge in [0.25, 0.3) is 0 Å². The Morgan fingerprint density at radius 3 is 2.65 bits per heavy atom. The number of alkyl halides is 3. The van der Waals surface area contributed by atoms with E-state index in [0.717, 1.165) is 30.7 Å². The maximum atomic E-state index is 12.6. The number of pyridine rings is 1. The van der Waals surface area contributed by atoms with Gasteiger partial charge in [-0.05, 0) is 37.0 Å². The Morgan fingerprint density at radius 1 is 1.17 bits per heavy atom. The van der Waals surface area contributed by atoms with Gasteiger partial charge in [0.1, 0.15) is 10.7 Å². The fourth-order valence-electron chi connectivity index (χ4n) is 2.53. The highest BCUT2D eigenvalue weighted by Gasteiger charge is 2.33. The van der Waals surface area contributed by atoms with Crippen LogP contribution in [0.3, 0.4) is 0 Å². The van der Waals surface area contributed by atoms with Crippen molar-refractivity contribution in [1.29, 1.82) is 0 Å². The van der Waals surface area contributed by atoms with Crippen molar-refractivity contribution in [2.45, 2.75) is 32.0 Å². The minimum atomic E-state index is -4.34. The number of nitrogens with zero attached hydrogens (tertiary/aromatic N) is 3. The van der Waals surface area contributed by atoms with Crippen LogP contribution in [0.1, 0.15) is 29.7 Å². The fraction of sp³-hybridized carbons (Fsp3) is 0.467. The molecule has 0 bridgehead atoms. The summed E-state index contributed by atoms with van der Waals surface area (Å²) in [5.74, 6) is 0.930. The smallest absolute Gasteiger partial charge is 0.357 e. The van der Waals surface area contributed by atoms with Crippen LogP contribution in [0.15, 0.2) is 24.5 Å². The summed E-state index contributed by atoms with van der Waals surface area (Å²) in [6, 6.07) is 3.84. The zero-order valence-electron chi connectivity index (χ0n) is 12.4. The third-order valence-electron chi connectivity index (χ3n) is 3.72. The molecule has 0 radical (unpaired) electrons. The van der Waals surface area contributed by atoms with Crippen LogP contribution < -0.4 is 10.2 Å². The molecule has 0 atom stereocenters. The molecule has 1 N–H and O–H groups in total. The van der Waals surface area contributed by atoms with Crippen LogP contribution >= 0.6 is 11.3 Å². The van der Waals surface area contributed by atoms with Crippen LogP contribution in [0, 0.1) is 0 Å². The molecule has 1 aliphatic rings. The van der Waals surface area contributed by atoms with Crippen molar-refractivity contribution in [1.82, 2.24) is 9.97 Å². The second-order valence-corrected chi connectivity index (χ2v) is 6.48. The summed E-state index contributed by atoms with van der Waals surface area (Å²) in [5.41, 5.74) is 0.976. The Hall–Kier alpha value is -1.83. The zero-order valence-corrected chi connectivity index (χ0v) is 13.3. The van der Waals surface area contributed by atoms with Crippen LogP contribution in [0.2, 0.25) is 0 Å². The molecule has 1 saturated heterocycles. The summed E-state index contributed by atoms with van der Waals surface area (Å²) in [7, 11) is 0. The molecule has 1 fully saturated rings. The number of halogens is 3. The zero-order chi connectivity index (χ0) is 16.3. The van der Waals surface area contributed by atoms with Crippen LogP contribution in [0.4, 0.5) is 24.1 Å². The highest BCUT2D eigenvalue weighted by Crippen LogP contribution is 2.35. The fourth-order valence-corrected chi connectivity index (χ4v) is 3.21. The second kappa shape index (κ2) is 6.74. The van der Waals surface area contributed by atoms with Gasteiger partial charge in [-0.15, -0.1) is 0 Å². The molecule has 2 aromatic rings. The Bertz CT molecular complexity index is 650. The Balaban J connectivity index is 1.63. The van der Waals surface area contributed by atoms with Gasteiger partial charge in [0.15, 0.2) is 5.13 Å². The lowest BCUT2D eigenvalue weighted by atomic mass is 10.1. The third-order valence-corrected chi connectivity index (χ3v) is 4.72. The number of aromatic nitrogens is 2. The number of thiazole rings is 1. The molecule has 0 saturated carbocycles. The number of nitrogens with one attached hydrogen (secondary N) is 1. The number of hydrogen-bond donors (Lipinski definition) is 1. The molecule has 3 heterocycles. The van der Waals surface area contributed by atoms with Crippen molar-refractivity contribution in [3.05, 3.63) is 35.0 Å². The SMILES string of the molecule is FC(F)(F)c1cnc(NCc2ccnc(N3CCCCC3)c2)s1. The lowest BCUT2D eigenvalue weighted by Gasteiger charge is -2.27. The van der Waals surface area contributed by atoms with E-state index in [9.17, 15) is 13.2 Å². The number of hydrogen-bond acceptors (Lipinski definition) is 5. The van der Waals surface area contributed by atoms with E-state index in [-0.39, 0.29) is 5.13 Å². The molecule has 3 rings (SSSR count). The van der Waals surface area contributed by atoms with Crippen molar-refractivity contribution in [2.24, 2.45) is 0 Å². The third kappa shape index (κ3) is 4.13. The number of piperidine rings is 1. The van der Waals surface area contributed by atoms with Crippen LogP contribution in [0.5, 0.6) is 0 Å². The molecular weight excluding hydrogens is 325 g/mol. The molecule has 1 aliphatic heterocycles. The van der Waals surface area contributed by atoms with Gasteiger partial charge in [0.05, 0.1) is 6.20 Å². The van der Waals surface area contributed by atoms with Crippen molar-refractivity contribution in [3.8, 4) is 0 Å². The van der Waals surface area contributed by atoms with Crippen LogP contribution in [0.25, 0.3) is 0 Å². The molecule has 2 aromatic heterocycles. The summed E-state index contributed by atoms with van der Waals surface area (Å²) < 4.78 is 37.7. The molecule has 0 amide bonds. The Kier molecular flexibility index (Phi) is 4.70. The Morgan fingerprint density at radius 2 is 1.96 bits per heavy atom. The predicted molar refractivity (Wildman–Crippen MR) is 84.7 cm³/mol. The highest BCUT2D eigenvalue weighted by atomic mass is 32.1. The van der Waals surface area contributed by atoms with E-state index >= 15 is 0 Å². The van der Waals surface area contributed by atoms with Crippen molar-refractivity contribution < 1.29 is 13.2 Å². The van der Waals surface area contributed by atoms with E-state index in [1.807, 2.05) is 12.1 Å². The molecule has 124 valence electrons. The van der Waals surface area contributed by atoms with E-state index < -0.39 is 11.1 Å². The number of anilines is 2. The second-order valence-electron chi connectivity index (χ2n) is 5.45. The minimum Gasteiger partial charge on any atom is -0.357 e. The van der Waals surface area contributed by atoms with Gasteiger partial charge in [0.2, 0.25) is 0 Å². The van der Waals surface area contributed by atoms with E-state index in [2.05, 4.69) is 20.2 Å². The maximum Gasteiger partial charge on any atom is 0.427 e. The largest absolute Gasteiger partial charge is 0.427 e. The summed E-state index contributed by atoms with van der Waals surface area (Å²) in [6.07, 6.45) is 1.86.